The van der Waals surface area contributed by atoms with E-state index in [-0.39, 0.29) is 12.4 Å². The van der Waals surface area contributed by atoms with Crippen LogP contribution in [0.3, 0.4) is 0 Å². The Morgan fingerprint density at radius 1 is 1.36 bits per heavy atom. The third kappa shape index (κ3) is 5.05. The molecule has 1 aromatic rings. The van der Waals surface area contributed by atoms with Crippen LogP contribution >= 0.6 is 0 Å². The lowest BCUT2D eigenvalue weighted by Crippen LogP contribution is -2.20. The summed E-state index contributed by atoms with van der Waals surface area (Å²) in [5.74, 6) is 1.19. The van der Waals surface area contributed by atoms with Crippen molar-refractivity contribution >= 4 is 18.2 Å². The number of rotatable bonds is 10. The van der Waals surface area contributed by atoms with E-state index in [4.69, 9.17) is 14.6 Å². The van der Waals surface area contributed by atoms with E-state index in [0.717, 1.165) is 13.0 Å². The highest BCUT2D eigenvalue weighted by Gasteiger charge is 2.13. The van der Waals surface area contributed by atoms with Crippen LogP contribution in [-0.2, 0) is 0 Å². The maximum absolute atomic E-state index is 9.90. The largest absolute Gasteiger partial charge is 0.508 e. The van der Waals surface area contributed by atoms with Crippen molar-refractivity contribution in [2.75, 3.05) is 33.4 Å². The fraction of sp³-hybridized carbons (Fsp3) is 0.438. The van der Waals surface area contributed by atoms with Crippen LogP contribution in [-0.4, -0.2) is 50.3 Å². The quantitative estimate of drug-likeness (QED) is 0.351. The molecule has 0 fully saturated rings. The van der Waals surface area contributed by atoms with E-state index in [9.17, 15) is 5.11 Å². The Bertz CT molecular complexity index is 515. The van der Waals surface area contributed by atoms with Gasteiger partial charge < -0.3 is 25.0 Å². The summed E-state index contributed by atoms with van der Waals surface area (Å²) in [4.78, 5) is 3.92. The van der Waals surface area contributed by atoms with E-state index in [0.29, 0.717) is 35.9 Å². The first-order valence-electron chi connectivity index (χ1n) is 7.16. The van der Waals surface area contributed by atoms with Gasteiger partial charge in [0, 0.05) is 18.2 Å². The van der Waals surface area contributed by atoms with E-state index < -0.39 is 0 Å². The smallest absolute Gasteiger partial charge is 0.163 e. The Kier molecular flexibility index (Phi) is 8.03. The predicted molar refractivity (Wildman–Crippen MR) is 88.6 cm³/mol. The maximum Gasteiger partial charge on any atom is 0.163 e. The zero-order chi connectivity index (χ0) is 16.4. The highest BCUT2D eigenvalue weighted by atomic mass is 16.5. The van der Waals surface area contributed by atoms with Crippen LogP contribution in [0.15, 0.2) is 23.2 Å². The number of aliphatic imine (C=N–C) groups is 1. The molecule has 0 bridgehead atoms. The summed E-state index contributed by atoms with van der Waals surface area (Å²) in [7, 11) is 1.54. The van der Waals surface area contributed by atoms with Gasteiger partial charge in [-0.1, -0.05) is 0 Å². The monoisotopic (exact) mass is 308 g/mol. The summed E-state index contributed by atoms with van der Waals surface area (Å²) in [6.45, 7) is 7.21. The van der Waals surface area contributed by atoms with Gasteiger partial charge >= 0.3 is 0 Å². The van der Waals surface area contributed by atoms with Gasteiger partial charge in [0.15, 0.2) is 11.5 Å². The molecule has 0 aliphatic rings. The van der Waals surface area contributed by atoms with E-state index in [1.807, 2.05) is 0 Å². The molecular formula is C16H24N2O4. The third-order valence-electron chi connectivity index (χ3n) is 3.05. The zero-order valence-corrected chi connectivity index (χ0v) is 13.1. The van der Waals surface area contributed by atoms with Gasteiger partial charge in [-0.3, -0.25) is 4.99 Å². The van der Waals surface area contributed by atoms with Gasteiger partial charge in [-0.25, -0.2) is 0 Å². The molecule has 0 radical (unpaired) electrons. The number of hydrogen-bond donors (Lipinski definition) is 3. The van der Waals surface area contributed by atoms with Crippen molar-refractivity contribution in [3.05, 3.63) is 23.8 Å². The Balaban J connectivity index is 2.80. The van der Waals surface area contributed by atoms with E-state index in [1.54, 1.807) is 32.2 Å². The molecule has 0 atom stereocenters. The maximum atomic E-state index is 9.90. The van der Waals surface area contributed by atoms with Crippen LogP contribution in [0.2, 0.25) is 0 Å². The molecule has 0 spiro atoms. The van der Waals surface area contributed by atoms with Crippen molar-refractivity contribution in [1.82, 2.24) is 5.32 Å². The number of aliphatic hydroxyl groups is 2. The predicted octanol–water partition coefficient (Wildman–Crippen LogP) is 2.30. The third-order valence-corrected chi connectivity index (χ3v) is 3.05. The lowest BCUT2D eigenvalue weighted by Gasteiger charge is -2.14. The molecule has 1 aromatic carbocycles. The van der Waals surface area contributed by atoms with Gasteiger partial charge in [-0.2, -0.15) is 0 Å². The summed E-state index contributed by atoms with van der Waals surface area (Å²) >= 11 is 0. The molecule has 0 aliphatic carbocycles. The molecule has 1 rings (SSSR count). The zero-order valence-electron chi connectivity index (χ0n) is 13.1. The molecule has 0 amide bonds. The van der Waals surface area contributed by atoms with Crippen molar-refractivity contribution < 1.29 is 19.7 Å². The Morgan fingerprint density at radius 3 is 2.73 bits per heavy atom. The van der Waals surface area contributed by atoms with Crippen LogP contribution in [0.25, 0.3) is 5.76 Å². The van der Waals surface area contributed by atoms with Crippen molar-refractivity contribution in [1.29, 1.82) is 0 Å². The summed E-state index contributed by atoms with van der Waals surface area (Å²) in [6, 6.07) is 3.38. The minimum atomic E-state index is 0.112. The highest BCUT2D eigenvalue weighted by molar-refractivity contribution is 5.74. The first kappa shape index (κ1) is 18.0. The fourth-order valence-corrected chi connectivity index (χ4v) is 1.90. The normalized spacial score (nSPS) is 11.3. The van der Waals surface area contributed by atoms with Crippen molar-refractivity contribution in [2.45, 2.75) is 13.3 Å². The average Bonchev–Trinajstić information content (AvgIpc) is 2.56. The van der Waals surface area contributed by atoms with E-state index in [2.05, 4.69) is 17.0 Å². The number of nitrogens with one attached hydrogen (secondary N) is 1. The number of aliphatic hydroxyl groups excluding tert-OH is 2. The number of nitrogens with zero attached hydrogens (tertiary/aromatic N) is 1. The second-order valence-electron chi connectivity index (χ2n) is 4.53. The fourth-order valence-electron chi connectivity index (χ4n) is 1.90. The van der Waals surface area contributed by atoms with Crippen molar-refractivity contribution in [2.24, 2.45) is 4.99 Å². The minimum Gasteiger partial charge on any atom is -0.508 e. The molecule has 22 heavy (non-hydrogen) atoms. The van der Waals surface area contributed by atoms with Crippen LogP contribution in [0.1, 0.15) is 18.9 Å². The standard InChI is InChI=1S/C16H24N2O4/c1-4-14(20)12-10-15(21-3)16(11-13(12)17-2)22-9-5-6-18-7-8-19/h4,10-11,18-20H,2,5-9H2,1,3H3/b14-4+. The molecule has 6 nitrogen and oxygen atoms in total. The molecule has 0 heterocycles. The van der Waals surface area contributed by atoms with Crippen molar-refractivity contribution in [3.8, 4) is 11.5 Å². The van der Waals surface area contributed by atoms with Gasteiger partial charge in [0.2, 0.25) is 0 Å². The molecule has 0 unspecified atom stereocenters. The first-order chi connectivity index (χ1) is 10.7. The molecule has 0 aliphatic heterocycles. The van der Waals surface area contributed by atoms with Crippen LogP contribution in [0.4, 0.5) is 5.69 Å². The number of benzene rings is 1. The van der Waals surface area contributed by atoms with Gasteiger partial charge in [0.05, 0.1) is 26.0 Å². The topological polar surface area (TPSA) is 83.3 Å². The highest BCUT2D eigenvalue weighted by Crippen LogP contribution is 2.37. The van der Waals surface area contributed by atoms with Gasteiger partial charge in [0.25, 0.3) is 0 Å². The summed E-state index contributed by atoms with van der Waals surface area (Å²) < 4.78 is 11.0. The number of allylic oxidation sites excluding steroid dienone is 1. The molecule has 0 saturated carbocycles. The number of ether oxygens (including phenoxy) is 2. The second kappa shape index (κ2) is 9.81. The van der Waals surface area contributed by atoms with Gasteiger partial charge in [0.1, 0.15) is 5.76 Å². The average molecular weight is 308 g/mol. The summed E-state index contributed by atoms with van der Waals surface area (Å²) in [6.07, 6.45) is 2.37. The van der Waals surface area contributed by atoms with Gasteiger partial charge in [-0.15, -0.1) is 0 Å². The molecule has 122 valence electrons. The first-order valence-corrected chi connectivity index (χ1v) is 7.16. The second-order valence-corrected chi connectivity index (χ2v) is 4.53. The molecule has 0 aromatic heterocycles. The minimum absolute atomic E-state index is 0.112. The number of methoxy groups -OCH3 is 1. The molecular weight excluding hydrogens is 284 g/mol. The Morgan fingerprint density at radius 2 is 2.14 bits per heavy atom. The van der Waals surface area contributed by atoms with E-state index >= 15 is 0 Å². The lowest BCUT2D eigenvalue weighted by molar-refractivity contribution is 0.275. The van der Waals surface area contributed by atoms with Crippen LogP contribution in [0, 0.1) is 0 Å². The van der Waals surface area contributed by atoms with Crippen LogP contribution in [0.5, 0.6) is 11.5 Å². The summed E-state index contributed by atoms with van der Waals surface area (Å²) in [5.41, 5.74) is 1.08. The Labute approximate surface area is 131 Å². The van der Waals surface area contributed by atoms with Gasteiger partial charge in [-0.05, 0) is 38.7 Å². The lowest BCUT2D eigenvalue weighted by atomic mass is 10.1. The molecule has 0 saturated heterocycles. The van der Waals surface area contributed by atoms with E-state index in [1.165, 1.54) is 0 Å². The van der Waals surface area contributed by atoms with Crippen LogP contribution < -0.4 is 14.8 Å². The van der Waals surface area contributed by atoms with Crippen molar-refractivity contribution in [3.63, 3.8) is 0 Å². The molecule has 6 heteroatoms. The summed E-state index contributed by atoms with van der Waals surface area (Å²) in [5, 5.41) is 21.6. The Hall–Kier alpha value is -2.05. The SMILES string of the molecule is C=Nc1cc(OCCCNCCO)c(OC)cc1/C(O)=C\C. The molecule has 3 N–H and O–H groups in total. The number of hydrogen-bond acceptors (Lipinski definition) is 6.